The number of thiazole rings is 1. The van der Waals surface area contributed by atoms with Crippen LogP contribution in [-0.4, -0.2) is 24.7 Å². The fourth-order valence-corrected chi connectivity index (χ4v) is 2.70. The molecule has 0 aromatic carbocycles. The molecule has 0 spiro atoms. The van der Waals surface area contributed by atoms with Crippen LogP contribution in [0.15, 0.2) is 5.38 Å². The van der Waals surface area contributed by atoms with E-state index in [4.69, 9.17) is 9.72 Å². The molecule has 1 unspecified atom stereocenters. The fourth-order valence-electron chi connectivity index (χ4n) is 1.61. The maximum atomic E-state index is 5.48. The van der Waals surface area contributed by atoms with Gasteiger partial charge in [0.05, 0.1) is 17.3 Å². The van der Waals surface area contributed by atoms with Crippen molar-refractivity contribution in [3.63, 3.8) is 0 Å². The van der Waals surface area contributed by atoms with Crippen molar-refractivity contribution in [3.8, 4) is 0 Å². The Hall–Kier alpha value is -0.450. The lowest BCUT2D eigenvalue weighted by atomic mass is 9.99. The van der Waals surface area contributed by atoms with Crippen molar-refractivity contribution >= 4 is 11.3 Å². The summed E-state index contributed by atoms with van der Waals surface area (Å²) in [4.78, 5) is 4.70. The van der Waals surface area contributed by atoms with Gasteiger partial charge in [-0.15, -0.1) is 11.3 Å². The first kappa shape index (κ1) is 14.6. The molecule has 0 aliphatic rings. The van der Waals surface area contributed by atoms with Gasteiger partial charge in [-0.3, -0.25) is 0 Å². The molecule has 0 fully saturated rings. The Morgan fingerprint density at radius 2 is 2.12 bits per heavy atom. The van der Waals surface area contributed by atoms with Gasteiger partial charge in [0.1, 0.15) is 5.01 Å². The molecule has 1 aromatic heterocycles. The zero-order valence-electron chi connectivity index (χ0n) is 11.7. The van der Waals surface area contributed by atoms with E-state index in [9.17, 15) is 0 Å². The molecule has 1 N–H and O–H groups in total. The molecule has 1 aromatic rings. The van der Waals surface area contributed by atoms with Crippen molar-refractivity contribution in [2.24, 2.45) is 0 Å². The van der Waals surface area contributed by atoms with E-state index in [2.05, 4.69) is 38.4 Å². The van der Waals surface area contributed by atoms with Gasteiger partial charge in [0.25, 0.3) is 0 Å². The molecule has 1 atom stereocenters. The summed E-state index contributed by atoms with van der Waals surface area (Å²) in [6.07, 6.45) is 0.922. The van der Waals surface area contributed by atoms with Crippen molar-refractivity contribution < 1.29 is 4.74 Å². The SMILES string of the molecule is CNC(CC(C)(C)OC)c1nc(C(C)C)cs1. The second-order valence-electron chi connectivity index (χ2n) is 5.27. The third-order valence-electron chi connectivity index (χ3n) is 3.03. The van der Waals surface area contributed by atoms with Gasteiger partial charge in [-0.1, -0.05) is 13.8 Å². The van der Waals surface area contributed by atoms with Crippen molar-refractivity contribution in [1.82, 2.24) is 10.3 Å². The zero-order valence-corrected chi connectivity index (χ0v) is 12.5. The molecule has 17 heavy (non-hydrogen) atoms. The highest BCUT2D eigenvalue weighted by Gasteiger charge is 2.25. The van der Waals surface area contributed by atoms with Crippen LogP contribution in [0.2, 0.25) is 0 Å². The van der Waals surface area contributed by atoms with Crippen LogP contribution < -0.4 is 5.32 Å². The third kappa shape index (κ3) is 4.05. The minimum absolute atomic E-state index is 0.128. The molecule has 98 valence electrons. The predicted molar refractivity (Wildman–Crippen MR) is 73.7 cm³/mol. The number of nitrogens with zero attached hydrogens (tertiary/aromatic N) is 1. The largest absolute Gasteiger partial charge is 0.379 e. The molecule has 0 amide bonds. The maximum absolute atomic E-state index is 5.48. The van der Waals surface area contributed by atoms with Crippen LogP contribution in [-0.2, 0) is 4.74 Å². The molecular weight excluding hydrogens is 232 g/mol. The first-order chi connectivity index (χ1) is 7.89. The number of rotatable bonds is 6. The topological polar surface area (TPSA) is 34.1 Å². The average Bonchev–Trinajstić information content (AvgIpc) is 2.75. The van der Waals surface area contributed by atoms with Gasteiger partial charge >= 0.3 is 0 Å². The smallest absolute Gasteiger partial charge is 0.110 e. The van der Waals surface area contributed by atoms with Gasteiger partial charge in [-0.25, -0.2) is 4.98 Å². The van der Waals surface area contributed by atoms with Gasteiger partial charge in [-0.2, -0.15) is 0 Å². The Labute approximate surface area is 109 Å². The number of nitrogens with one attached hydrogen (secondary N) is 1. The van der Waals surface area contributed by atoms with Crippen LogP contribution >= 0.6 is 11.3 Å². The first-order valence-electron chi connectivity index (χ1n) is 6.07. The van der Waals surface area contributed by atoms with Gasteiger partial charge < -0.3 is 10.1 Å². The predicted octanol–water partition coefficient (Wildman–Crippen LogP) is 3.34. The van der Waals surface area contributed by atoms with Crippen LogP contribution in [0.4, 0.5) is 0 Å². The highest BCUT2D eigenvalue weighted by Crippen LogP contribution is 2.29. The van der Waals surface area contributed by atoms with E-state index in [0.717, 1.165) is 11.4 Å². The summed E-state index contributed by atoms with van der Waals surface area (Å²) in [6, 6.07) is 0.266. The van der Waals surface area contributed by atoms with Crippen molar-refractivity contribution in [1.29, 1.82) is 0 Å². The molecule has 0 aliphatic carbocycles. The maximum Gasteiger partial charge on any atom is 0.110 e. The number of hydrogen-bond acceptors (Lipinski definition) is 4. The second-order valence-corrected chi connectivity index (χ2v) is 6.16. The number of ether oxygens (including phenoxy) is 1. The van der Waals surface area contributed by atoms with Gasteiger partial charge in [0.15, 0.2) is 0 Å². The van der Waals surface area contributed by atoms with Crippen molar-refractivity contribution in [3.05, 3.63) is 16.1 Å². The zero-order chi connectivity index (χ0) is 13.1. The minimum Gasteiger partial charge on any atom is -0.379 e. The third-order valence-corrected chi connectivity index (χ3v) is 4.00. The van der Waals surface area contributed by atoms with Crippen LogP contribution in [0, 0.1) is 0 Å². The molecule has 3 nitrogen and oxygen atoms in total. The summed E-state index contributed by atoms with van der Waals surface area (Å²) >= 11 is 1.73. The van der Waals surface area contributed by atoms with Gasteiger partial charge in [0, 0.05) is 12.5 Å². The number of aromatic nitrogens is 1. The van der Waals surface area contributed by atoms with Gasteiger partial charge in [-0.05, 0) is 33.2 Å². The number of methoxy groups -OCH3 is 1. The number of hydrogen-bond donors (Lipinski definition) is 1. The van der Waals surface area contributed by atoms with Gasteiger partial charge in [0.2, 0.25) is 0 Å². The summed E-state index contributed by atoms with van der Waals surface area (Å²) in [6.45, 7) is 8.56. The Morgan fingerprint density at radius 1 is 1.47 bits per heavy atom. The van der Waals surface area contributed by atoms with Crippen LogP contribution in [0.5, 0.6) is 0 Å². The van der Waals surface area contributed by atoms with E-state index >= 15 is 0 Å². The van der Waals surface area contributed by atoms with Crippen molar-refractivity contribution in [2.45, 2.75) is 51.7 Å². The molecule has 1 heterocycles. The second kappa shape index (κ2) is 5.94. The summed E-state index contributed by atoms with van der Waals surface area (Å²) in [5.41, 5.74) is 1.05. The monoisotopic (exact) mass is 256 g/mol. The van der Waals surface area contributed by atoms with E-state index in [-0.39, 0.29) is 11.6 Å². The molecule has 0 saturated carbocycles. The lowest BCUT2D eigenvalue weighted by Crippen LogP contribution is -2.30. The van der Waals surface area contributed by atoms with Crippen molar-refractivity contribution in [2.75, 3.05) is 14.2 Å². The molecule has 0 radical (unpaired) electrons. The molecule has 0 saturated heterocycles. The van der Waals surface area contributed by atoms with E-state index in [1.807, 2.05) is 7.05 Å². The standard InChI is InChI=1S/C13H24N2OS/c1-9(2)11-8-17-12(15-11)10(14-5)7-13(3,4)16-6/h8-10,14H,7H2,1-6H3. The molecule has 0 aliphatic heterocycles. The van der Waals surface area contributed by atoms with Crippen LogP contribution in [0.25, 0.3) is 0 Å². The average molecular weight is 256 g/mol. The first-order valence-corrected chi connectivity index (χ1v) is 6.95. The lowest BCUT2D eigenvalue weighted by Gasteiger charge is -2.27. The molecule has 4 heteroatoms. The normalized spacial score (nSPS) is 14.3. The summed E-state index contributed by atoms with van der Waals surface area (Å²) in [5.74, 6) is 0.493. The molecular formula is C13H24N2OS. The Kier molecular flexibility index (Phi) is 5.10. The van der Waals surface area contributed by atoms with E-state index in [0.29, 0.717) is 5.92 Å². The highest BCUT2D eigenvalue weighted by molar-refractivity contribution is 7.09. The highest BCUT2D eigenvalue weighted by atomic mass is 32.1. The van der Waals surface area contributed by atoms with E-state index < -0.39 is 0 Å². The summed E-state index contributed by atoms with van der Waals surface area (Å²) in [7, 11) is 3.74. The van der Waals surface area contributed by atoms with Crippen LogP contribution in [0.3, 0.4) is 0 Å². The lowest BCUT2D eigenvalue weighted by molar-refractivity contribution is 0.00741. The van der Waals surface area contributed by atoms with Crippen LogP contribution in [0.1, 0.15) is 56.8 Å². The summed E-state index contributed by atoms with van der Waals surface area (Å²) < 4.78 is 5.48. The molecule has 1 rings (SSSR count). The Morgan fingerprint density at radius 3 is 2.53 bits per heavy atom. The Bertz CT molecular complexity index is 347. The van der Waals surface area contributed by atoms with E-state index in [1.54, 1.807) is 18.4 Å². The molecule has 0 bridgehead atoms. The minimum atomic E-state index is -0.128. The Balaban J connectivity index is 2.79. The van der Waals surface area contributed by atoms with E-state index in [1.165, 1.54) is 5.69 Å². The summed E-state index contributed by atoms with van der Waals surface area (Å²) in [5, 5.41) is 6.64. The quantitative estimate of drug-likeness (QED) is 0.847. The fraction of sp³-hybridized carbons (Fsp3) is 0.769.